The molecule has 1 N–H and O–H groups in total. The largest absolute Gasteiger partial charge is 0.335 e. The van der Waals surface area contributed by atoms with Gasteiger partial charge in [-0.25, -0.2) is 4.98 Å². The average Bonchev–Trinajstić information content (AvgIpc) is 2.93. The van der Waals surface area contributed by atoms with Crippen LogP contribution in [0.4, 0.5) is 5.69 Å². The zero-order chi connectivity index (χ0) is 14.7. The van der Waals surface area contributed by atoms with E-state index in [9.17, 15) is 14.9 Å². The van der Waals surface area contributed by atoms with Crippen molar-refractivity contribution in [2.24, 2.45) is 0 Å². The van der Waals surface area contributed by atoms with Crippen LogP contribution in [-0.4, -0.2) is 46.4 Å². The summed E-state index contributed by atoms with van der Waals surface area (Å²) in [7, 11) is 0. The lowest BCUT2D eigenvalue weighted by Crippen LogP contribution is -2.41. The molecule has 0 spiro atoms. The molecule has 1 amide bonds. The molecule has 20 heavy (non-hydrogen) atoms. The van der Waals surface area contributed by atoms with E-state index in [0.717, 1.165) is 25.7 Å². The summed E-state index contributed by atoms with van der Waals surface area (Å²) in [5.41, 5.74) is -0.159. The molecule has 1 fully saturated rings. The molecule has 1 aromatic rings. The normalized spacial score (nSPS) is 18.0. The summed E-state index contributed by atoms with van der Waals surface area (Å²) in [5.74, 6) is -0.317. The second-order valence-electron chi connectivity index (χ2n) is 4.53. The molecule has 0 bridgehead atoms. The van der Waals surface area contributed by atoms with Gasteiger partial charge < -0.3 is 10.2 Å². The molecule has 8 heteroatoms. The van der Waals surface area contributed by atoms with Crippen LogP contribution in [0.3, 0.4) is 0 Å². The van der Waals surface area contributed by atoms with E-state index in [4.69, 9.17) is 11.6 Å². The number of pyridine rings is 1. The SMILES string of the molecule is CCN(C(=O)c1cc([N+](=O)[O-])cnc1Cl)C1CCNC1. The van der Waals surface area contributed by atoms with Crippen molar-refractivity contribution in [2.75, 3.05) is 19.6 Å². The first-order chi connectivity index (χ1) is 9.54. The minimum absolute atomic E-state index is 0.00925. The Morgan fingerprint density at radius 2 is 2.45 bits per heavy atom. The first kappa shape index (κ1) is 14.7. The Labute approximate surface area is 121 Å². The zero-order valence-electron chi connectivity index (χ0n) is 11.0. The summed E-state index contributed by atoms with van der Waals surface area (Å²) in [6, 6.07) is 1.27. The Balaban J connectivity index is 2.30. The second kappa shape index (κ2) is 6.15. The highest BCUT2D eigenvalue weighted by Crippen LogP contribution is 2.22. The number of nitro groups is 1. The van der Waals surface area contributed by atoms with E-state index in [1.54, 1.807) is 4.90 Å². The van der Waals surface area contributed by atoms with Gasteiger partial charge in [0, 0.05) is 25.2 Å². The molecule has 1 aliphatic heterocycles. The number of likely N-dealkylation sites (N-methyl/N-ethyl adjacent to an activating group) is 1. The molecule has 1 atom stereocenters. The lowest BCUT2D eigenvalue weighted by atomic mass is 10.1. The number of rotatable bonds is 4. The van der Waals surface area contributed by atoms with Crippen molar-refractivity contribution < 1.29 is 9.72 Å². The van der Waals surface area contributed by atoms with Crippen LogP contribution in [0.15, 0.2) is 12.3 Å². The van der Waals surface area contributed by atoms with Crippen molar-refractivity contribution in [1.29, 1.82) is 0 Å². The van der Waals surface area contributed by atoms with Crippen molar-refractivity contribution >= 4 is 23.2 Å². The van der Waals surface area contributed by atoms with E-state index >= 15 is 0 Å². The number of aromatic nitrogens is 1. The number of halogens is 1. The van der Waals surface area contributed by atoms with Gasteiger partial charge in [-0.05, 0) is 19.9 Å². The van der Waals surface area contributed by atoms with E-state index in [1.165, 1.54) is 6.07 Å². The summed E-state index contributed by atoms with van der Waals surface area (Å²) in [6.45, 7) is 3.97. The highest BCUT2D eigenvalue weighted by Gasteiger charge is 2.28. The Morgan fingerprint density at radius 3 is 3.00 bits per heavy atom. The lowest BCUT2D eigenvalue weighted by Gasteiger charge is -2.27. The number of nitrogens with one attached hydrogen (secondary N) is 1. The maximum absolute atomic E-state index is 12.5. The molecule has 0 aliphatic carbocycles. The molecular formula is C12H15ClN4O3. The van der Waals surface area contributed by atoms with Gasteiger partial charge in [0.15, 0.2) is 0 Å². The number of hydrogen-bond acceptors (Lipinski definition) is 5. The molecule has 2 heterocycles. The van der Waals surface area contributed by atoms with Gasteiger partial charge in [-0.15, -0.1) is 0 Å². The third kappa shape index (κ3) is 2.88. The Hall–Kier alpha value is -1.73. The number of carbonyl (C=O) groups is 1. The van der Waals surface area contributed by atoms with Gasteiger partial charge in [-0.1, -0.05) is 11.6 Å². The summed E-state index contributed by atoms with van der Waals surface area (Å²) in [6.07, 6.45) is 1.91. The minimum Gasteiger partial charge on any atom is -0.335 e. The average molecular weight is 299 g/mol. The number of amides is 1. The first-order valence-electron chi connectivity index (χ1n) is 6.36. The molecule has 108 valence electrons. The molecule has 0 saturated carbocycles. The van der Waals surface area contributed by atoms with Gasteiger partial charge in [-0.2, -0.15) is 0 Å². The number of nitrogens with zero attached hydrogens (tertiary/aromatic N) is 3. The number of carbonyl (C=O) groups excluding carboxylic acids is 1. The maximum atomic E-state index is 12.5. The molecule has 1 aliphatic rings. The van der Waals surface area contributed by atoms with Crippen LogP contribution in [0.25, 0.3) is 0 Å². The third-order valence-electron chi connectivity index (χ3n) is 3.34. The Bertz CT molecular complexity index is 531. The number of hydrogen-bond donors (Lipinski definition) is 1. The predicted octanol–water partition coefficient (Wildman–Crippen LogP) is 1.47. The van der Waals surface area contributed by atoms with Crippen LogP contribution < -0.4 is 5.32 Å². The maximum Gasteiger partial charge on any atom is 0.288 e. The summed E-state index contributed by atoms with van der Waals surface area (Å²) < 4.78 is 0. The molecule has 1 aromatic heterocycles. The van der Waals surface area contributed by atoms with Crippen LogP contribution in [0.1, 0.15) is 23.7 Å². The molecular weight excluding hydrogens is 284 g/mol. The van der Waals surface area contributed by atoms with Gasteiger partial charge in [-0.3, -0.25) is 14.9 Å². The first-order valence-corrected chi connectivity index (χ1v) is 6.74. The Kier molecular flexibility index (Phi) is 4.51. The van der Waals surface area contributed by atoms with E-state index in [1.807, 2.05) is 6.92 Å². The monoisotopic (exact) mass is 298 g/mol. The second-order valence-corrected chi connectivity index (χ2v) is 4.88. The van der Waals surface area contributed by atoms with Crippen LogP contribution in [0, 0.1) is 10.1 Å². The Morgan fingerprint density at radius 1 is 1.70 bits per heavy atom. The molecule has 0 radical (unpaired) electrons. The molecule has 1 saturated heterocycles. The fraction of sp³-hybridized carbons (Fsp3) is 0.500. The quantitative estimate of drug-likeness (QED) is 0.516. The molecule has 0 aromatic carbocycles. The van der Waals surface area contributed by atoms with E-state index in [0.29, 0.717) is 6.54 Å². The van der Waals surface area contributed by atoms with Gasteiger partial charge in [0.25, 0.3) is 11.6 Å². The van der Waals surface area contributed by atoms with E-state index in [2.05, 4.69) is 10.3 Å². The zero-order valence-corrected chi connectivity index (χ0v) is 11.8. The van der Waals surface area contributed by atoms with Crippen LogP contribution in [-0.2, 0) is 0 Å². The fourth-order valence-electron chi connectivity index (χ4n) is 2.31. The summed E-state index contributed by atoms with van der Waals surface area (Å²) in [4.78, 5) is 28.1. The van der Waals surface area contributed by atoms with Gasteiger partial charge >= 0.3 is 0 Å². The van der Waals surface area contributed by atoms with Crippen molar-refractivity contribution in [3.63, 3.8) is 0 Å². The highest BCUT2D eigenvalue weighted by atomic mass is 35.5. The fourth-order valence-corrected chi connectivity index (χ4v) is 2.50. The van der Waals surface area contributed by atoms with E-state index < -0.39 is 4.92 Å². The van der Waals surface area contributed by atoms with Crippen LogP contribution in [0.2, 0.25) is 5.15 Å². The molecule has 1 unspecified atom stereocenters. The summed E-state index contributed by atoms with van der Waals surface area (Å²) >= 11 is 5.91. The van der Waals surface area contributed by atoms with Crippen LogP contribution in [0.5, 0.6) is 0 Å². The van der Waals surface area contributed by atoms with Gasteiger partial charge in [0.2, 0.25) is 0 Å². The molecule has 2 rings (SSSR count). The van der Waals surface area contributed by atoms with E-state index in [-0.39, 0.29) is 28.4 Å². The molecule has 7 nitrogen and oxygen atoms in total. The topological polar surface area (TPSA) is 88.4 Å². The van der Waals surface area contributed by atoms with Crippen molar-refractivity contribution in [3.8, 4) is 0 Å². The predicted molar refractivity (Wildman–Crippen MR) is 73.9 cm³/mol. The van der Waals surface area contributed by atoms with Gasteiger partial charge in [0.1, 0.15) is 11.3 Å². The van der Waals surface area contributed by atoms with Gasteiger partial charge in [0.05, 0.1) is 10.5 Å². The van der Waals surface area contributed by atoms with Crippen molar-refractivity contribution in [1.82, 2.24) is 15.2 Å². The minimum atomic E-state index is -0.590. The van der Waals surface area contributed by atoms with Crippen molar-refractivity contribution in [3.05, 3.63) is 33.1 Å². The smallest absolute Gasteiger partial charge is 0.288 e. The van der Waals surface area contributed by atoms with Crippen LogP contribution >= 0.6 is 11.6 Å². The third-order valence-corrected chi connectivity index (χ3v) is 3.64. The lowest BCUT2D eigenvalue weighted by molar-refractivity contribution is -0.385. The highest BCUT2D eigenvalue weighted by molar-refractivity contribution is 6.32. The summed E-state index contributed by atoms with van der Waals surface area (Å²) in [5, 5.41) is 13.9. The standard InChI is InChI=1S/C12H15ClN4O3/c1-2-16(8-3-4-14-6-8)12(18)10-5-9(17(19)20)7-15-11(10)13/h5,7-8,14H,2-4,6H2,1H3. The van der Waals surface area contributed by atoms with Crippen molar-refractivity contribution in [2.45, 2.75) is 19.4 Å².